The second kappa shape index (κ2) is 26.2. The molecule has 0 N–H and O–H groups in total. The first-order valence-corrected chi connectivity index (χ1v) is 15.1. The molecule has 0 spiro atoms. The molecular formula is C30H56Cl2N4O2. The van der Waals surface area contributed by atoms with Crippen LogP contribution in [-0.2, 0) is 36.0 Å². The molecule has 0 aliphatic rings. The highest BCUT2D eigenvalue weighted by Gasteiger charge is 2.05. The first-order valence-electron chi connectivity index (χ1n) is 15.1. The Hall–Kier alpha value is -1.08. The predicted octanol–water partition coefficient (Wildman–Crippen LogP) is 0.802. The van der Waals surface area contributed by atoms with E-state index in [1.54, 1.807) is 0 Å². The van der Waals surface area contributed by atoms with Crippen LogP contribution in [0.3, 0.4) is 0 Å². The van der Waals surface area contributed by atoms with Gasteiger partial charge in [-0.15, -0.1) is 0 Å². The summed E-state index contributed by atoms with van der Waals surface area (Å²) < 4.78 is 20.6. The van der Waals surface area contributed by atoms with Gasteiger partial charge in [0, 0.05) is 0 Å². The summed E-state index contributed by atoms with van der Waals surface area (Å²) in [6, 6.07) is 0. The van der Waals surface area contributed by atoms with Crippen LogP contribution in [0.2, 0.25) is 0 Å². The maximum absolute atomic E-state index is 5.86. The van der Waals surface area contributed by atoms with Crippen LogP contribution in [0.15, 0.2) is 37.4 Å². The average Bonchev–Trinajstić information content (AvgIpc) is 3.54. The maximum Gasteiger partial charge on any atom is 0.245 e. The van der Waals surface area contributed by atoms with Gasteiger partial charge in [0.05, 0.1) is 26.3 Å². The van der Waals surface area contributed by atoms with Gasteiger partial charge in [-0.2, -0.15) is 0 Å². The molecule has 0 aliphatic carbocycles. The van der Waals surface area contributed by atoms with Crippen molar-refractivity contribution in [2.24, 2.45) is 0 Å². The summed E-state index contributed by atoms with van der Waals surface area (Å²) in [7, 11) is 0. The highest BCUT2D eigenvalue weighted by molar-refractivity contribution is 4.66. The fourth-order valence-corrected chi connectivity index (χ4v) is 4.55. The molecule has 0 aromatic carbocycles. The highest BCUT2D eigenvalue weighted by Crippen LogP contribution is 2.07. The number of aryl methyl sites for hydroxylation is 2. The molecule has 0 amide bonds. The van der Waals surface area contributed by atoms with Crippen LogP contribution in [0.4, 0.5) is 0 Å². The average molecular weight is 576 g/mol. The van der Waals surface area contributed by atoms with Gasteiger partial charge in [-0.1, -0.05) is 78.1 Å². The Morgan fingerprint density at radius 1 is 0.500 bits per heavy atom. The Morgan fingerprint density at radius 3 is 1.29 bits per heavy atom. The third kappa shape index (κ3) is 19.1. The fourth-order valence-electron chi connectivity index (χ4n) is 4.55. The highest BCUT2D eigenvalue weighted by atomic mass is 35.5. The molecule has 0 saturated carbocycles. The Labute approximate surface area is 245 Å². The number of rotatable bonds is 25. The van der Waals surface area contributed by atoms with Crippen molar-refractivity contribution in [3.05, 3.63) is 37.4 Å². The van der Waals surface area contributed by atoms with Crippen LogP contribution in [0, 0.1) is 0 Å². The first-order chi connectivity index (χ1) is 17.8. The molecule has 8 heteroatoms. The van der Waals surface area contributed by atoms with E-state index in [1.807, 2.05) is 0 Å². The third-order valence-corrected chi connectivity index (χ3v) is 6.84. The number of unbranched alkanes of at least 4 members (excludes halogenated alkanes) is 13. The van der Waals surface area contributed by atoms with E-state index in [1.165, 1.54) is 89.9 Å². The number of hydrogen-bond acceptors (Lipinski definition) is 2. The van der Waals surface area contributed by atoms with Crippen molar-refractivity contribution >= 4 is 0 Å². The molecule has 0 unspecified atom stereocenters. The summed E-state index contributed by atoms with van der Waals surface area (Å²) >= 11 is 0. The summed E-state index contributed by atoms with van der Waals surface area (Å²) in [5.74, 6) is 0. The lowest BCUT2D eigenvalue weighted by molar-refractivity contribution is -0.732. The molecule has 0 bridgehead atoms. The van der Waals surface area contributed by atoms with Crippen molar-refractivity contribution in [2.45, 2.75) is 143 Å². The normalized spacial score (nSPS) is 10.9. The molecule has 2 rings (SSSR count). The zero-order valence-corrected chi connectivity index (χ0v) is 25.9. The van der Waals surface area contributed by atoms with Gasteiger partial charge < -0.3 is 34.3 Å². The van der Waals surface area contributed by atoms with E-state index < -0.39 is 0 Å². The summed E-state index contributed by atoms with van der Waals surface area (Å²) in [6.07, 6.45) is 33.7. The minimum absolute atomic E-state index is 0. The Morgan fingerprint density at radius 2 is 0.868 bits per heavy atom. The van der Waals surface area contributed by atoms with Gasteiger partial charge in [-0.3, -0.25) is 0 Å². The van der Waals surface area contributed by atoms with Crippen molar-refractivity contribution in [3.8, 4) is 0 Å². The van der Waals surface area contributed by atoms with Crippen molar-refractivity contribution in [3.63, 3.8) is 0 Å². The van der Waals surface area contributed by atoms with E-state index in [2.05, 4.69) is 69.6 Å². The van der Waals surface area contributed by atoms with Crippen LogP contribution < -0.4 is 33.9 Å². The molecule has 0 saturated heterocycles. The quantitative estimate of drug-likeness (QED) is 0.130. The van der Waals surface area contributed by atoms with Crippen molar-refractivity contribution in [1.29, 1.82) is 0 Å². The number of ether oxygens (including phenoxy) is 2. The molecular weight excluding hydrogens is 519 g/mol. The van der Waals surface area contributed by atoms with Crippen molar-refractivity contribution in [1.82, 2.24) is 9.13 Å². The molecule has 0 aliphatic heterocycles. The summed E-state index contributed by atoms with van der Waals surface area (Å²) in [5, 5.41) is 0. The second-order valence-corrected chi connectivity index (χ2v) is 10.4. The van der Waals surface area contributed by atoms with Gasteiger partial charge in [0.2, 0.25) is 12.7 Å². The number of imidazole rings is 2. The monoisotopic (exact) mass is 574 g/mol. The molecule has 0 radical (unpaired) electrons. The summed E-state index contributed by atoms with van der Waals surface area (Å²) in [5.41, 5.74) is 0. The largest absolute Gasteiger partial charge is 1.00 e. The van der Waals surface area contributed by atoms with Crippen LogP contribution in [0.5, 0.6) is 0 Å². The van der Waals surface area contributed by atoms with Crippen LogP contribution in [0.1, 0.15) is 117 Å². The van der Waals surface area contributed by atoms with Gasteiger partial charge in [-0.25, -0.2) is 18.3 Å². The van der Waals surface area contributed by atoms with E-state index in [-0.39, 0.29) is 24.8 Å². The number of nitrogens with zero attached hydrogens (tertiary/aromatic N) is 4. The first kappa shape index (κ1) is 36.9. The lowest BCUT2D eigenvalue weighted by Gasteiger charge is -2.03. The van der Waals surface area contributed by atoms with Gasteiger partial charge >= 0.3 is 0 Å². The summed E-state index contributed by atoms with van der Waals surface area (Å²) in [4.78, 5) is 0. The molecule has 2 aromatic heterocycles. The van der Waals surface area contributed by atoms with Crippen molar-refractivity contribution < 1.29 is 43.4 Å². The molecule has 6 nitrogen and oxygen atoms in total. The zero-order valence-electron chi connectivity index (χ0n) is 24.4. The number of hydrogen-bond donors (Lipinski definition) is 0. The lowest BCUT2D eigenvalue weighted by Crippen LogP contribution is -3.00. The van der Waals surface area contributed by atoms with Gasteiger partial charge in [-0.05, 0) is 38.5 Å². The van der Waals surface area contributed by atoms with E-state index in [9.17, 15) is 0 Å². The van der Waals surface area contributed by atoms with Crippen LogP contribution in [0.25, 0.3) is 0 Å². The van der Waals surface area contributed by atoms with Gasteiger partial charge in [0.1, 0.15) is 24.8 Å². The Kier molecular flexibility index (Phi) is 25.4. The molecule has 0 fully saturated rings. The van der Waals surface area contributed by atoms with E-state index in [4.69, 9.17) is 9.47 Å². The molecule has 0 atom stereocenters. The number of aromatic nitrogens is 4. The smallest absolute Gasteiger partial charge is 0.245 e. The second-order valence-electron chi connectivity index (χ2n) is 10.4. The topological polar surface area (TPSA) is 36.1 Å². The zero-order chi connectivity index (χ0) is 25.5. The standard InChI is InChI=1S/C30H56N4O2.2ClH/c1-3-5-7-9-11-15-19-31-21-23-33(27-31)29-35-25-17-13-14-18-26-36-30-34-24-22-32(28-34)20-16-12-10-8-6-4-2;;/h21-24,27-28H,3-20,25-26,29-30H2,1-2H3;2*1H/q+2;;/p-2. The molecule has 222 valence electrons. The summed E-state index contributed by atoms with van der Waals surface area (Å²) in [6.45, 7) is 9.75. The van der Waals surface area contributed by atoms with E-state index in [0.29, 0.717) is 13.5 Å². The minimum atomic E-state index is 0. The maximum atomic E-state index is 5.86. The van der Waals surface area contributed by atoms with Gasteiger partial charge in [0.25, 0.3) is 0 Å². The Balaban J connectivity index is 0.00000684. The lowest BCUT2D eigenvalue weighted by atomic mass is 10.1. The van der Waals surface area contributed by atoms with Crippen LogP contribution >= 0.6 is 0 Å². The molecule has 38 heavy (non-hydrogen) atoms. The fraction of sp³-hybridized carbons (Fsp3) is 0.800. The SMILES string of the molecule is CCCCCCCCn1cc[n+](COCCCCCCOC[n+]2ccn(CCCCCCCC)c2)c1.[Cl-].[Cl-]. The van der Waals surface area contributed by atoms with Gasteiger partial charge in [0.15, 0.2) is 13.5 Å². The van der Waals surface area contributed by atoms with E-state index >= 15 is 0 Å². The minimum Gasteiger partial charge on any atom is -1.00 e. The van der Waals surface area contributed by atoms with Crippen molar-refractivity contribution in [2.75, 3.05) is 13.2 Å². The van der Waals surface area contributed by atoms with E-state index in [0.717, 1.165) is 39.1 Å². The molecule has 2 aromatic rings. The van der Waals surface area contributed by atoms with Crippen LogP contribution in [-0.4, -0.2) is 22.3 Å². The number of halogens is 2. The Bertz CT molecular complexity index is 692. The third-order valence-electron chi connectivity index (χ3n) is 6.84. The molecule has 2 heterocycles. The predicted molar refractivity (Wildman–Crippen MR) is 146 cm³/mol.